The maximum atomic E-state index is 11.9. The Morgan fingerprint density at radius 3 is 2.76 bits per heavy atom. The van der Waals surface area contributed by atoms with Gasteiger partial charge in [0.2, 0.25) is 0 Å². The fraction of sp³-hybridized carbons (Fsp3) is 0.500. The van der Waals surface area contributed by atoms with Crippen LogP contribution in [-0.2, 0) is 0 Å². The topological polar surface area (TPSA) is 84.3 Å². The Kier molecular flexibility index (Phi) is 7.60. The minimum Gasteiger partial charge on any atom is -0.380 e. The molecule has 0 unspecified atom stereocenters. The minimum absolute atomic E-state index is 0.0692. The Morgan fingerprint density at radius 1 is 1.38 bits per heavy atom. The monoisotopic (exact) mass is 311 g/mol. The van der Waals surface area contributed by atoms with E-state index in [1.165, 1.54) is 6.07 Å². The molecule has 2 N–H and O–H groups in total. The average molecular weight is 311 g/mol. The number of carbonyl (C=O) groups excluding carboxylic acids is 1. The summed E-state index contributed by atoms with van der Waals surface area (Å²) in [6.07, 6.45) is 3.76. The number of benzene rings is 1. The highest BCUT2D eigenvalue weighted by atomic mass is 32.2. The van der Waals surface area contributed by atoms with E-state index < -0.39 is 4.92 Å². The molecular weight excluding hydrogens is 290 g/mol. The number of hydrogen-bond donors (Lipinski definition) is 2. The molecule has 0 aliphatic carbocycles. The predicted octanol–water partition coefficient (Wildman–Crippen LogP) is 2.90. The van der Waals surface area contributed by atoms with Crippen molar-refractivity contribution >= 4 is 29.0 Å². The van der Waals surface area contributed by atoms with Crippen molar-refractivity contribution in [2.75, 3.05) is 30.4 Å². The second-order valence-corrected chi connectivity index (χ2v) is 5.50. The molecule has 0 aliphatic rings. The summed E-state index contributed by atoms with van der Waals surface area (Å²) in [5.74, 6) is 0.696. The molecule has 7 heteroatoms. The number of thioether (sulfide) groups is 1. The summed E-state index contributed by atoms with van der Waals surface area (Å²) >= 11 is 1.72. The Bertz CT molecular complexity index is 494. The van der Waals surface area contributed by atoms with Crippen molar-refractivity contribution in [1.82, 2.24) is 5.32 Å². The number of nitrogens with one attached hydrogen (secondary N) is 2. The summed E-state index contributed by atoms with van der Waals surface area (Å²) in [7, 11) is 0. The molecule has 0 atom stereocenters. The molecule has 6 nitrogen and oxygen atoms in total. The van der Waals surface area contributed by atoms with E-state index in [1.54, 1.807) is 23.9 Å². The second-order valence-electron chi connectivity index (χ2n) is 4.52. The van der Waals surface area contributed by atoms with Crippen molar-refractivity contribution in [3.05, 3.63) is 33.9 Å². The maximum Gasteiger partial charge on any atom is 0.293 e. The van der Waals surface area contributed by atoms with Crippen LogP contribution in [0.15, 0.2) is 18.2 Å². The highest BCUT2D eigenvalue weighted by Crippen LogP contribution is 2.25. The van der Waals surface area contributed by atoms with E-state index in [-0.39, 0.29) is 11.6 Å². The summed E-state index contributed by atoms with van der Waals surface area (Å²) in [5, 5.41) is 16.9. The van der Waals surface area contributed by atoms with Gasteiger partial charge in [0.05, 0.1) is 4.92 Å². The van der Waals surface area contributed by atoms with Crippen LogP contribution in [-0.4, -0.2) is 35.9 Å². The molecule has 0 fully saturated rings. The predicted molar refractivity (Wildman–Crippen MR) is 87.2 cm³/mol. The lowest BCUT2D eigenvalue weighted by molar-refractivity contribution is -0.384. The lowest BCUT2D eigenvalue weighted by Gasteiger charge is -2.08. The van der Waals surface area contributed by atoms with Gasteiger partial charge in [-0.3, -0.25) is 14.9 Å². The van der Waals surface area contributed by atoms with Crippen LogP contribution < -0.4 is 10.6 Å². The average Bonchev–Trinajstić information content (AvgIpc) is 2.49. The van der Waals surface area contributed by atoms with E-state index in [0.29, 0.717) is 24.3 Å². The van der Waals surface area contributed by atoms with Gasteiger partial charge in [0.15, 0.2) is 0 Å². The van der Waals surface area contributed by atoms with Gasteiger partial charge in [0.25, 0.3) is 11.6 Å². The van der Waals surface area contributed by atoms with Crippen LogP contribution in [0.4, 0.5) is 11.4 Å². The maximum absolute atomic E-state index is 11.9. The van der Waals surface area contributed by atoms with Crippen molar-refractivity contribution in [1.29, 1.82) is 0 Å². The molecule has 0 saturated heterocycles. The lowest BCUT2D eigenvalue weighted by atomic mass is 10.1. The summed E-state index contributed by atoms with van der Waals surface area (Å²) in [6.45, 7) is 3.21. The number of nitro benzene ring substituents is 1. The molecule has 0 radical (unpaired) electrons. The summed E-state index contributed by atoms with van der Waals surface area (Å²) < 4.78 is 0. The van der Waals surface area contributed by atoms with Crippen LogP contribution in [0, 0.1) is 10.1 Å². The van der Waals surface area contributed by atoms with Crippen LogP contribution in [0.5, 0.6) is 0 Å². The van der Waals surface area contributed by atoms with Gasteiger partial charge in [-0.1, -0.05) is 6.92 Å². The Balaban J connectivity index is 2.77. The number of hydrogen-bond acceptors (Lipinski definition) is 5. The largest absolute Gasteiger partial charge is 0.380 e. The number of rotatable bonds is 9. The van der Waals surface area contributed by atoms with E-state index in [4.69, 9.17) is 0 Å². The molecule has 1 amide bonds. The number of amides is 1. The summed E-state index contributed by atoms with van der Waals surface area (Å²) in [4.78, 5) is 22.6. The van der Waals surface area contributed by atoms with Crippen LogP contribution in [0.25, 0.3) is 0 Å². The summed E-state index contributed by atoms with van der Waals surface area (Å²) in [5.41, 5.74) is 0.689. The molecular formula is C14H21N3O3S. The first-order valence-electron chi connectivity index (χ1n) is 6.89. The molecule has 1 rings (SSSR count). The molecule has 21 heavy (non-hydrogen) atoms. The second kappa shape index (κ2) is 9.23. The highest BCUT2D eigenvalue weighted by Gasteiger charge is 2.17. The van der Waals surface area contributed by atoms with Gasteiger partial charge in [-0.15, -0.1) is 0 Å². The third-order valence-electron chi connectivity index (χ3n) is 2.83. The van der Waals surface area contributed by atoms with Crippen LogP contribution >= 0.6 is 11.8 Å². The minimum atomic E-state index is -0.470. The van der Waals surface area contributed by atoms with Gasteiger partial charge in [0, 0.05) is 24.7 Å². The SMILES string of the molecule is CCCNc1ccc(C(=O)NCCCSC)cc1[N+](=O)[O-]. The lowest BCUT2D eigenvalue weighted by Crippen LogP contribution is -2.24. The first-order valence-corrected chi connectivity index (χ1v) is 8.29. The quantitative estimate of drug-likeness (QED) is 0.416. The van der Waals surface area contributed by atoms with Gasteiger partial charge >= 0.3 is 0 Å². The molecule has 116 valence electrons. The first kappa shape index (κ1) is 17.3. The Morgan fingerprint density at radius 2 is 2.14 bits per heavy atom. The van der Waals surface area contributed by atoms with Crippen molar-refractivity contribution in [2.24, 2.45) is 0 Å². The smallest absolute Gasteiger partial charge is 0.293 e. The van der Waals surface area contributed by atoms with Crippen LogP contribution in [0.2, 0.25) is 0 Å². The van der Waals surface area contributed by atoms with E-state index in [1.807, 2.05) is 13.2 Å². The number of nitrogens with zero attached hydrogens (tertiary/aromatic N) is 1. The molecule has 1 aromatic rings. The fourth-order valence-corrected chi connectivity index (χ4v) is 2.19. The molecule has 1 aromatic carbocycles. The number of anilines is 1. The zero-order valence-electron chi connectivity index (χ0n) is 12.3. The van der Waals surface area contributed by atoms with Crippen molar-refractivity contribution in [3.63, 3.8) is 0 Å². The summed E-state index contributed by atoms with van der Waals surface area (Å²) in [6, 6.07) is 4.52. The third kappa shape index (κ3) is 5.63. The van der Waals surface area contributed by atoms with Crippen LogP contribution in [0.3, 0.4) is 0 Å². The fourth-order valence-electron chi connectivity index (χ4n) is 1.75. The molecule has 0 aliphatic heterocycles. The molecule has 0 saturated carbocycles. The van der Waals surface area contributed by atoms with E-state index in [9.17, 15) is 14.9 Å². The Hall–Kier alpha value is -1.76. The van der Waals surface area contributed by atoms with Crippen LogP contribution in [0.1, 0.15) is 30.1 Å². The normalized spacial score (nSPS) is 10.2. The highest BCUT2D eigenvalue weighted by molar-refractivity contribution is 7.98. The van der Waals surface area contributed by atoms with Gasteiger partial charge in [0.1, 0.15) is 5.69 Å². The zero-order valence-corrected chi connectivity index (χ0v) is 13.2. The Labute approximate surface area is 128 Å². The van der Waals surface area contributed by atoms with Gasteiger partial charge in [-0.05, 0) is 37.0 Å². The molecule has 0 heterocycles. The van der Waals surface area contributed by atoms with E-state index in [2.05, 4.69) is 10.6 Å². The molecule has 0 bridgehead atoms. The van der Waals surface area contributed by atoms with Crippen molar-refractivity contribution < 1.29 is 9.72 Å². The van der Waals surface area contributed by atoms with E-state index >= 15 is 0 Å². The molecule has 0 aromatic heterocycles. The van der Waals surface area contributed by atoms with Gasteiger partial charge in [-0.25, -0.2) is 0 Å². The standard InChI is InChI=1S/C14H21N3O3S/c1-3-7-15-12-6-5-11(10-13(12)17(19)20)14(18)16-8-4-9-21-2/h5-6,10,15H,3-4,7-9H2,1-2H3,(H,16,18). The number of nitro groups is 1. The van der Waals surface area contributed by atoms with Crippen molar-refractivity contribution in [3.8, 4) is 0 Å². The van der Waals surface area contributed by atoms with E-state index in [0.717, 1.165) is 18.6 Å². The molecule has 0 spiro atoms. The zero-order chi connectivity index (χ0) is 15.7. The third-order valence-corrected chi connectivity index (χ3v) is 3.53. The van der Waals surface area contributed by atoms with Gasteiger partial charge < -0.3 is 10.6 Å². The van der Waals surface area contributed by atoms with Gasteiger partial charge in [-0.2, -0.15) is 11.8 Å². The van der Waals surface area contributed by atoms with Crippen molar-refractivity contribution in [2.45, 2.75) is 19.8 Å². The first-order chi connectivity index (χ1) is 10.1. The number of carbonyl (C=O) groups is 1.